The summed E-state index contributed by atoms with van der Waals surface area (Å²) < 4.78 is 44.1. The zero-order valence-electron chi connectivity index (χ0n) is 15.2. The number of carbonyl (C=O) groups excluding carboxylic acids is 1. The Balaban J connectivity index is 1.79. The number of aromatic nitrogens is 5. The number of Topliss-reactive ketones (excluding diaryl/α,β-unsaturated/α-hetero) is 1. The molecule has 3 rings (SSSR count). The molecule has 0 aliphatic heterocycles. The van der Waals surface area contributed by atoms with Crippen molar-refractivity contribution in [1.82, 2.24) is 24.8 Å². The first-order valence-corrected chi connectivity index (χ1v) is 9.08. The van der Waals surface area contributed by atoms with Gasteiger partial charge in [-0.1, -0.05) is 11.8 Å². The van der Waals surface area contributed by atoms with E-state index in [1.807, 2.05) is 6.92 Å². The van der Waals surface area contributed by atoms with E-state index in [-0.39, 0.29) is 17.3 Å². The summed E-state index contributed by atoms with van der Waals surface area (Å²) in [6.07, 6.45) is -4.74. The lowest BCUT2D eigenvalue weighted by atomic mass is 10.2. The van der Waals surface area contributed by atoms with Gasteiger partial charge in [-0.25, -0.2) is 4.68 Å². The van der Waals surface area contributed by atoms with Crippen LogP contribution in [-0.2, 0) is 7.05 Å². The predicted octanol–water partition coefficient (Wildman–Crippen LogP) is 3.49. The number of thioether (sulfide) groups is 1. The average molecular weight is 411 g/mol. The molecule has 7 nitrogen and oxygen atoms in total. The van der Waals surface area contributed by atoms with Crippen molar-refractivity contribution in [3.63, 3.8) is 0 Å². The number of tetrazole rings is 1. The van der Waals surface area contributed by atoms with Crippen LogP contribution in [-0.4, -0.2) is 42.7 Å². The molecule has 148 valence electrons. The number of aryl methyl sites for hydroxylation is 2. The highest BCUT2D eigenvalue weighted by Gasteiger charge is 2.31. The van der Waals surface area contributed by atoms with Crippen molar-refractivity contribution in [2.24, 2.45) is 7.05 Å². The topological polar surface area (TPSA) is 74.8 Å². The Morgan fingerprint density at radius 1 is 1.21 bits per heavy atom. The molecule has 0 aliphatic rings. The number of rotatable bonds is 6. The van der Waals surface area contributed by atoms with Crippen LogP contribution in [0.15, 0.2) is 35.5 Å². The van der Waals surface area contributed by atoms with Crippen LogP contribution in [0.4, 0.5) is 13.2 Å². The van der Waals surface area contributed by atoms with Crippen molar-refractivity contribution >= 4 is 17.5 Å². The molecule has 3 aromatic rings. The summed E-state index contributed by atoms with van der Waals surface area (Å²) in [5.41, 5.74) is 2.66. The van der Waals surface area contributed by atoms with Crippen molar-refractivity contribution in [2.45, 2.75) is 25.4 Å². The molecule has 0 spiro atoms. The minimum absolute atomic E-state index is 0.0932. The molecule has 0 aliphatic carbocycles. The highest BCUT2D eigenvalue weighted by atomic mass is 32.2. The second kappa shape index (κ2) is 7.66. The second-order valence-corrected chi connectivity index (χ2v) is 6.90. The Kier molecular flexibility index (Phi) is 5.45. The standard InChI is InChI=1S/C17H16F3N5O2S/c1-10-8-14(15(26)9-28-16-21-22-23-24(16)3)11(2)25(10)12-4-6-13(7-5-12)27-17(18,19)20/h4-8H,9H2,1-3H3. The molecule has 0 saturated heterocycles. The maximum absolute atomic E-state index is 12.6. The minimum atomic E-state index is -4.74. The van der Waals surface area contributed by atoms with Crippen LogP contribution in [0.25, 0.3) is 5.69 Å². The van der Waals surface area contributed by atoms with E-state index in [2.05, 4.69) is 20.3 Å². The number of alkyl halides is 3. The van der Waals surface area contributed by atoms with Crippen molar-refractivity contribution in [1.29, 1.82) is 0 Å². The van der Waals surface area contributed by atoms with Gasteiger partial charge in [0.1, 0.15) is 5.75 Å². The fourth-order valence-corrected chi connectivity index (χ4v) is 3.52. The summed E-state index contributed by atoms with van der Waals surface area (Å²) in [6, 6.07) is 7.25. The van der Waals surface area contributed by atoms with Crippen LogP contribution < -0.4 is 4.74 Å². The molecule has 0 unspecified atom stereocenters. The van der Waals surface area contributed by atoms with Gasteiger partial charge in [0.15, 0.2) is 5.78 Å². The number of halogens is 3. The SMILES string of the molecule is Cc1cc(C(=O)CSc2nnnn2C)c(C)n1-c1ccc(OC(F)(F)F)cc1. The van der Waals surface area contributed by atoms with Gasteiger partial charge in [0, 0.05) is 29.7 Å². The van der Waals surface area contributed by atoms with Crippen molar-refractivity contribution < 1.29 is 22.7 Å². The van der Waals surface area contributed by atoms with Gasteiger partial charge in [0.2, 0.25) is 5.16 Å². The van der Waals surface area contributed by atoms with E-state index >= 15 is 0 Å². The van der Waals surface area contributed by atoms with E-state index in [4.69, 9.17) is 0 Å². The molecule has 0 amide bonds. The molecule has 0 saturated carbocycles. The first-order valence-electron chi connectivity index (χ1n) is 8.09. The number of hydrogen-bond donors (Lipinski definition) is 0. The molecular formula is C17H16F3N5O2S. The zero-order chi connectivity index (χ0) is 20.5. The molecule has 0 N–H and O–H groups in total. The Labute approximate surface area is 162 Å². The predicted molar refractivity (Wildman–Crippen MR) is 95.8 cm³/mol. The van der Waals surface area contributed by atoms with Crippen LogP contribution >= 0.6 is 11.8 Å². The molecule has 2 heterocycles. The first kappa shape index (κ1) is 19.9. The minimum Gasteiger partial charge on any atom is -0.406 e. The summed E-state index contributed by atoms with van der Waals surface area (Å²) in [5, 5.41) is 11.6. The van der Waals surface area contributed by atoms with Crippen molar-refractivity contribution in [3.05, 3.63) is 47.3 Å². The molecule has 0 radical (unpaired) electrons. The molecule has 0 fully saturated rings. The van der Waals surface area contributed by atoms with Gasteiger partial charge >= 0.3 is 6.36 Å². The lowest BCUT2D eigenvalue weighted by Crippen LogP contribution is -2.17. The summed E-state index contributed by atoms with van der Waals surface area (Å²) in [4.78, 5) is 12.6. The molecule has 1 aromatic carbocycles. The van der Waals surface area contributed by atoms with Gasteiger partial charge in [-0.15, -0.1) is 18.3 Å². The number of nitrogens with zero attached hydrogens (tertiary/aromatic N) is 5. The van der Waals surface area contributed by atoms with E-state index < -0.39 is 6.36 Å². The number of ketones is 1. The van der Waals surface area contributed by atoms with Crippen LogP contribution in [0, 0.1) is 13.8 Å². The van der Waals surface area contributed by atoms with Crippen LogP contribution in [0.5, 0.6) is 5.75 Å². The van der Waals surface area contributed by atoms with Gasteiger partial charge in [-0.3, -0.25) is 4.79 Å². The fraction of sp³-hybridized carbons (Fsp3) is 0.294. The van der Waals surface area contributed by atoms with E-state index in [1.165, 1.54) is 40.7 Å². The largest absolute Gasteiger partial charge is 0.573 e. The van der Waals surface area contributed by atoms with Gasteiger partial charge in [0.05, 0.1) is 5.75 Å². The van der Waals surface area contributed by atoms with E-state index in [9.17, 15) is 18.0 Å². The lowest BCUT2D eigenvalue weighted by Gasteiger charge is -2.12. The smallest absolute Gasteiger partial charge is 0.406 e. The maximum Gasteiger partial charge on any atom is 0.573 e. The summed E-state index contributed by atoms with van der Waals surface area (Å²) >= 11 is 1.23. The highest BCUT2D eigenvalue weighted by Crippen LogP contribution is 2.27. The summed E-state index contributed by atoms with van der Waals surface area (Å²) in [5.74, 6) is -0.232. The third-order valence-corrected chi connectivity index (χ3v) is 4.98. The van der Waals surface area contributed by atoms with Crippen LogP contribution in [0.2, 0.25) is 0 Å². The number of benzene rings is 1. The third-order valence-electron chi connectivity index (χ3n) is 3.97. The Hall–Kier alpha value is -2.82. The molecule has 2 aromatic heterocycles. The Morgan fingerprint density at radius 3 is 2.46 bits per heavy atom. The second-order valence-electron chi connectivity index (χ2n) is 5.96. The van der Waals surface area contributed by atoms with Crippen LogP contribution in [0.1, 0.15) is 21.7 Å². The molecular weight excluding hydrogens is 395 g/mol. The zero-order valence-corrected chi connectivity index (χ0v) is 16.0. The fourth-order valence-electron chi connectivity index (χ4n) is 2.79. The molecule has 28 heavy (non-hydrogen) atoms. The number of hydrogen-bond acceptors (Lipinski definition) is 6. The van der Waals surface area contributed by atoms with Gasteiger partial charge < -0.3 is 9.30 Å². The van der Waals surface area contributed by atoms with E-state index in [0.29, 0.717) is 22.1 Å². The Bertz CT molecular complexity index is 995. The third kappa shape index (κ3) is 4.35. The van der Waals surface area contributed by atoms with Crippen molar-refractivity contribution in [3.8, 4) is 11.4 Å². The highest BCUT2D eigenvalue weighted by molar-refractivity contribution is 7.99. The normalized spacial score (nSPS) is 11.6. The average Bonchev–Trinajstić information content (AvgIpc) is 3.15. The van der Waals surface area contributed by atoms with E-state index in [1.54, 1.807) is 24.6 Å². The van der Waals surface area contributed by atoms with Gasteiger partial charge in [-0.05, 0) is 54.6 Å². The van der Waals surface area contributed by atoms with Gasteiger partial charge in [0.25, 0.3) is 0 Å². The molecule has 0 atom stereocenters. The number of carbonyl (C=O) groups is 1. The molecule has 0 bridgehead atoms. The lowest BCUT2D eigenvalue weighted by molar-refractivity contribution is -0.274. The Morgan fingerprint density at radius 2 is 1.89 bits per heavy atom. The maximum atomic E-state index is 12.6. The van der Waals surface area contributed by atoms with Crippen molar-refractivity contribution in [2.75, 3.05) is 5.75 Å². The first-order chi connectivity index (χ1) is 13.2. The molecule has 11 heteroatoms. The summed E-state index contributed by atoms with van der Waals surface area (Å²) in [7, 11) is 1.69. The van der Waals surface area contributed by atoms with E-state index in [0.717, 1.165) is 5.69 Å². The van der Waals surface area contributed by atoms with Gasteiger partial charge in [-0.2, -0.15) is 0 Å². The van der Waals surface area contributed by atoms with Crippen LogP contribution in [0.3, 0.4) is 0 Å². The monoisotopic (exact) mass is 411 g/mol. The summed E-state index contributed by atoms with van der Waals surface area (Å²) in [6.45, 7) is 3.61. The quantitative estimate of drug-likeness (QED) is 0.457. The number of ether oxygens (including phenoxy) is 1.